The van der Waals surface area contributed by atoms with Crippen LogP contribution in [0.3, 0.4) is 0 Å². The van der Waals surface area contributed by atoms with E-state index in [0.717, 1.165) is 0 Å². The van der Waals surface area contributed by atoms with Gasteiger partial charge in [-0.2, -0.15) is 5.10 Å². The first kappa shape index (κ1) is 19.4. The minimum atomic E-state index is -0.399. The standard InChI is InChI=1S/C18H19ClN2O5/c1-23-13-4-6-14(7-5-13)26-11-17(22)21-20-10-12-8-15(19)18(25-3)16(9-12)24-2/h4-10H,11H2,1-3H3,(H,21,22)/b20-10-. The van der Waals surface area contributed by atoms with E-state index in [4.69, 9.17) is 30.5 Å². The Bertz CT molecular complexity index is 778. The number of amides is 1. The Morgan fingerprint density at radius 3 is 2.38 bits per heavy atom. The van der Waals surface area contributed by atoms with Crippen LogP contribution in [-0.2, 0) is 4.79 Å². The summed E-state index contributed by atoms with van der Waals surface area (Å²) in [7, 11) is 4.58. The summed E-state index contributed by atoms with van der Waals surface area (Å²) in [6.45, 7) is -0.170. The van der Waals surface area contributed by atoms with Crippen LogP contribution in [0.2, 0.25) is 5.02 Å². The monoisotopic (exact) mass is 378 g/mol. The Morgan fingerprint density at radius 1 is 1.08 bits per heavy atom. The lowest BCUT2D eigenvalue weighted by atomic mass is 10.2. The molecule has 26 heavy (non-hydrogen) atoms. The van der Waals surface area contributed by atoms with Crippen molar-refractivity contribution in [2.45, 2.75) is 0 Å². The van der Waals surface area contributed by atoms with Crippen LogP contribution in [0.5, 0.6) is 23.0 Å². The average Bonchev–Trinajstić information content (AvgIpc) is 2.66. The highest BCUT2D eigenvalue weighted by Crippen LogP contribution is 2.35. The van der Waals surface area contributed by atoms with E-state index in [-0.39, 0.29) is 6.61 Å². The molecule has 8 heteroatoms. The first-order valence-corrected chi connectivity index (χ1v) is 7.95. The van der Waals surface area contributed by atoms with E-state index in [0.29, 0.717) is 33.6 Å². The Labute approximate surface area is 156 Å². The molecule has 1 amide bonds. The van der Waals surface area contributed by atoms with Crippen LogP contribution >= 0.6 is 11.6 Å². The third kappa shape index (κ3) is 5.29. The van der Waals surface area contributed by atoms with Gasteiger partial charge in [-0.15, -0.1) is 0 Å². The molecule has 2 aromatic rings. The van der Waals surface area contributed by atoms with E-state index in [1.165, 1.54) is 20.4 Å². The second-order valence-corrected chi connectivity index (χ2v) is 5.40. The van der Waals surface area contributed by atoms with Gasteiger partial charge in [-0.25, -0.2) is 5.43 Å². The molecule has 0 heterocycles. The minimum absolute atomic E-state index is 0.170. The van der Waals surface area contributed by atoms with Crippen LogP contribution in [0, 0.1) is 0 Å². The molecule has 0 aliphatic carbocycles. The SMILES string of the molecule is COc1ccc(OCC(=O)N/N=C\c2cc(Cl)c(OC)c(OC)c2)cc1. The van der Waals surface area contributed by atoms with Crippen LogP contribution < -0.4 is 24.4 Å². The molecular formula is C18H19ClN2O5. The number of hydrogen-bond donors (Lipinski definition) is 1. The number of halogens is 1. The summed E-state index contributed by atoms with van der Waals surface area (Å²) in [6, 6.07) is 10.2. The fourth-order valence-electron chi connectivity index (χ4n) is 2.04. The molecule has 7 nitrogen and oxygen atoms in total. The van der Waals surface area contributed by atoms with Crippen molar-refractivity contribution in [2.24, 2.45) is 5.10 Å². The molecule has 0 spiro atoms. The number of nitrogens with zero attached hydrogens (tertiary/aromatic N) is 1. The van der Waals surface area contributed by atoms with Crippen molar-refractivity contribution in [1.82, 2.24) is 5.43 Å². The van der Waals surface area contributed by atoms with Crippen LogP contribution in [0.4, 0.5) is 0 Å². The van der Waals surface area contributed by atoms with Gasteiger partial charge in [0.05, 0.1) is 32.6 Å². The lowest BCUT2D eigenvalue weighted by Gasteiger charge is -2.10. The number of ether oxygens (including phenoxy) is 4. The van der Waals surface area contributed by atoms with Crippen molar-refractivity contribution >= 4 is 23.7 Å². The fourth-order valence-corrected chi connectivity index (χ4v) is 2.34. The van der Waals surface area contributed by atoms with Crippen molar-refractivity contribution < 1.29 is 23.7 Å². The molecule has 0 aliphatic rings. The average molecular weight is 379 g/mol. The minimum Gasteiger partial charge on any atom is -0.497 e. The number of methoxy groups -OCH3 is 3. The van der Waals surface area contributed by atoms with Crippen molar-refractivity contribution in [3.05, 3.63) is 47.0 Å². The van der Waals surface area contributed by atoms with Gasteiger partial charge >= 0.3 is 0 Å². The van der Waals surface area contributed by atoms with Crippen LogP contribution in [0.15, 0.2) is 41.5 Å². The first-order valence-electron chi connectivity index (χ1n) is 7.57. The van der Waals surface area contributed by atoms with Gasteiger partial charge in [0, 0.05) is 0 Å². The molecule has 0 unspecified atom stereocenters. The van der Waals surface area contributed by atoms with Crippen molar-refractivity contribution in [2.75, 3.05) is 27.9 Å². The number of hydrazone groups is 1. The van der Waals surface area contributed by atoms with E-state index in [1.54, 1.807) is 43.5 Å². The van der Waals surface area contributed by atoms with Gasteiger partial charge in [0.15, 0.2) is 18.1 Å². The van der Waals surface area contributed by atoms with Crippen molar-refractivity contribution in [3.8, 4) is 23.0 Å². The normalized spacial score (nSPS) is 10.5. The smallest absolute Gasteiger partial charge is 0.277 e. The summed E-state index contributed by atoms with van der Waals surface area (Å²) in [4.78, 5) is 11.8. The zero-order valence-electron chi connectivity index (χ0n) is 14.6. The number of rotatable bonds is 8. The Balaban J connectivity index is 1.89. The number of nitrogens with one attached hydrogen (secondary N) is 1. The predicted octanol–water partition coefficient (Wildman–Crippen LogP) is 2.89. The summed E-state index contributed by atoms with van der Waals surface area (Å²) in [5.41, 5.74) is 3.02. The van der Waals surface area contributed by atoms with E-state index >= 15 is 0 Å². The molecule has 0 atom stereocenters. The topological polar surface area (TPSA) is 78.4 Å². The number of benzene rings is 2. The van der Waals surface area contributed by atoms with Gasteiger partial charge in [-0.3, -0.25) is 4.79 Å². The second kappa shape index (κ2) is 9.53. The third-order valence-corrected chi connectivity index (χ3v) is 3.57. The van der Waals surface area contributed by atoms with E-state index in [9.17, 15) is 4.79 Å². The summed E-state index contributed by atoms with van der Waals surface area (Å²) < 4.78 is 20.8. The largest absolute Gasteiger partial charge is 0.497 e. The highest BCUT2D eigenvalue weighted by molar-refractivity contribution is 6.32. The lowest BCUT2D eigenvalue weighted by Crippen LogP contribution is -2.24. The van der Waals surface area contributed by atoms with E-state index in [2.05, 4.69) is 10.5 Å². The Hall–Kier alpha value is -2.93. The van der Waals surface area contributed by atoms with E-state index < -0.39 is 5.91 Å². The molecular weight excluding hydrogens is 360 g/mol. The Kier molecular flexibility index (Phi) is 7.11. The molecule has 138 valence electrons. The predicted molar refractivity (Wildman–Crippen MR) is 98.8 cm³/mol. The van der Waals surface area contributed by atoms with Crippen molar-refractivity contribution in [1.29, 1.82) is 0 Å². The summed E-state index contributed by atoms with van der Waals surface area (Å²) >= 11 is 6.11. The van der Waals surface area contributed by atoms with Gasteiger partial charge in [0.25, 0.3) is 5.91 Å². The molecule has 2 aromatic carbocycles. The van der Waals surface area contributed by atoms with Gasteiger partial charge < -0.3 is 18.9 Å². The van der Waals surface area contributed by atoms with Crippen molar-refractivity contribution in [3.63, 3.8) is 0 Å². The van der Waals surface area contributed by atoms with Crippen LogP contribution in [-0.4, -0.2) is 40.1 Å². The highest BCUT2D eigenvalue weighted by Gasteiger charge is 2.10. The Morgan fingerprint density at radius 2 is 1.77 bits per heavy atom. The maximum atomic E-state index is 11.8. The van der Waals surface area contributed by atoms with Crippen LogP contribution in [0.25, 0.3) is 0 Å². The molecule has 0 bridgehead atoms. The summed E-state index contributed by atoms with van der Waals surface area (Å²) in [6.07, 6.45) is 1.44. The van der Waals surface area contributed by atoms with Gasteiger partial charge in [0.2, 0.25) is 0 Å². The molecule has 0 saturated carbocycles. The maximum absolute atomic E-state index is 11.8. The maximum Gasteiger partial charge on any atom is 0.277 e. The summed E-state index contributed by atoms with van der Waals surface area (Å²) in [5, 5.41) is 4.25. The number of hydrogen-bond acceptors (Lipinski definition) is 6. The van der Waals surface area contributed by atoms with Gasteiger partial charge in [-0.1, -0.05) is 11.6 Å². The zero-order chi connectivity index (χ0) is 18.9. The molecule has 1 N–H and O–H groups in total. The fraction of sp³-hybridized carbons (Fsp3) is 0.222. The first-order chi connectivity index (χ1) is 12.6. The molecule has 0 aromatic heterocycles. The summed E-state index contributed by atoms with van der Waals surface area (Å²) in [5.74, 6) is 1.76. The molecule has 0 saturated heterocycles. The molecule has 0 aliphatic heterocycles. The van der Waals surface area contributed by atoms with E-state index in [1.807, 2.05) is 0 Å². The van der Waals surface area contributed by atoms with Crippen LogP contribution in [0.1, 0.15) is 5.56 Å². The zero-order valence-corrected chi connectivity index (χ0v) is 15.4. The highest BCUT2D eigenvalue weighted by atomic mass is 35.5. The quantitative estimate of drug-likeness (QED) is 0.564. The number of carbonyl (C=O) groups excluding carboxylic acids is 1. The van der Waals surface area contributed by atoms with Gasteiger partial charge in [0.1, 0.15) is 11.5 Å². The number of carbonyl (C=O) groups is 1. The lowest BCUT2D eigenvalue weighted by molar-refractivity contribution is -0.123. The molecule has 0 radical (unpaired) electrons. The second-order valence-electron chi connectivity index (χ2n) is 5.00. The molecule has 2 rings (SSSR count). The van der Waals surface area contributed by atoms with Gasteiger partial charge in [-0.05, 0) is 42.0 Å². The molecule has 0 fully saturated rings. The third-order valence-electron chi connectivity index (χ3n) is 3.29.